The molecule has 6 nitrogen and oxygen atoms in total. The number of aryl methyl sites for hydroxylation is 2. The van der Waals surface area contributed by atoms with Gasteiger partial charge in [-0.1, -0.05) is 24.3 Å². The number of ether oxygens (including phenoxy) is 2. The summed E-state index contributed by atoms with van der Waals surface area (Å²) in [5.74, 6) is 0.999. The van der Waals surface area contributed by atoms with Crippen molar-refractivity contribution < 1.29 is 17.9 Å². The minimum Gasteiger partial charge on any atom is -0.495 e. The average Bonchev–Trinajstić information content (AvgIpc) is 2.76. The van der Waals surface area contributed by atoms with Gasteiger partial charge in [0, 0.05) is 12.5 Å². The molecule has 3 rings (SSSR count). The van der Waals surface area contributed by atoms with Gasteiger partial charge in [0.2, 0.25) is 0 Å². The van der Waals surface area contributed by atoms with E-state index in [1.165, 1.54) is 14.2 Å². The zero-order chi connectivity index (χ0) is 23.5. The predicted molar refractivity (Wildman–Crippen MR) is 131 cm³/mol. The van der Waals surface area contributed by atoms with E-state index >= 15 is 0 Å². The van der Waals surface area contributed by atoms with Gasteiger partial charge in [-0.05, 0) is 61.4 Å². The summed E-state index contributed by atoms with van der Waals surface area (Å²) < 4.78 is 47.2. The van der Waals surface area contributed by atoms with Gasteiger partial charge in [-0.3, -0.25) is 0 Å². The number of nitrogens with zero attached hydrogens (tertiary/aromatic N) is 2. The van der Waals surface area contributed by atoms with Crippen molar-refractivity contribution in [2.24, 2.45) is 8.73 Å². The molecule has 0 saturated heterocycles. The molecule has 0 heterocycles. The molecule has 170 valence electrons. The van der Waals surface area contributed by atoms with Crippen molar-refractivity contribution in [3.8, 4) is 11.5 Å². The van der Waals surface area contributed by atoms with Crippen LogP contribution in [0, 0.1) is 13.8 Å². The van der Waals surface area contributed by atoms with Crippen molar-refractivity contribution in [2.45, 2.75) is 23.6 Å². The van der Waals surface area contributed by atoms with Crippen molar-refractivity contribution in [1.29, 1.82) is 0 Å². The van der Waals surface area contributed by atoms with Crippen LogP contribution in [0.4, 0.5) is 11.4 Å². The Morgan fingerprint density at radius 3 is 1.34 bits per heavy atom. The number of rotatable bonds is 6. The maximum atomic E-state index is 13.6. The first kappa shape index (κ1) is 23.8. The fourth-order valence-electron chi connectivity index (χ4n) is 3.27. The van der Waals surface area contributed by atoms with Crippen LogP contribution in [-0.2, 0) is 19.5 Å². The van der Waals surface area contributed by atoms with E-state index in [0.717, 1.165) is 11.1 Å². The fraction of sp³-hybridized carbons (Fsp3) is 0.250. The minimum absolute atomic E-state index is 0.413. The minimum atomic E-state index is -2.87. The first-order chi connectivity index (χ1) is 15.1. The summed E-state index contributed by atoms with van der Waals surface area (Å²) in [4.78, 5) is 0.988. The molecular formula is C24H28N2O4S2. The largest absolute Gasteiger partial charge is 0.495 e. The summed E-state index contributed by atoms with van der Waals surface area (Å²) in [6.07, 6.45) is 3.13. The molecule has 0 aliphatic heterocycles. The van der Waals surface area contributed by atoms with Crippen LogP contribution in [0.15, 0.2) is 79.2 Å². The molecule has 8 heteroatoms. The third-order valence-corrected chi connectivity index (χ3v) is 8.49. The molecular weight excluding hydrogens is 444 g/mol. The van der Waals surface area contributed by atoms with Gasteiger partial charge in [0.1, 0.15) is 22.9 Å². The smallest absolute Gasteiger partial charge is 0.135 e. The number of hydrogen-bond donors (Lipinski definition) is 0. The molecule has 2 atom stereocenters. The van der Waals surface area contributed by atoms with E-state index < -0.39 is 19.5 Å². The highest BCUT2D eigenvalue weighted by molar-refractivity contribution is 7.93. The standard InChI is InChI=1S/C24H28N2O4S2/c1-17-15-19(25-31(5,27)23-13-9-7-11-21(23)29-3)20(16-18(17)2)26-32(6,28)24-14-10-8-12-22(24)30-4/h7-16H,1-6H3/t31-,32-/m1/s1. The Bertz CT molecular complexity index is 1290. The van der Waals surface area contributed by atoms with Crippen LogP contribution in [0.1, 0.15) is 11.1 Å². The van der Waals surface area contributed by atoms with Gasteiger partial charge in [-0.2, -0.15) is 8.73 Å². The van der Waals surface area contributed by atoms with E-state index in [1.54, 1.807) is 48.9 Å². The highest BCUT2D eigenvalue weighted by Gasteiger charge is 2.17. The van der Waals surface area contributed by atoms with Crippen LogP contribution in [-0.4, -0.2) is 35.1 Å². The summed E-state index contributed by atoms with van der Waals surface area (Å²) in [5, 5.41) is 0. The summed E-state index contributed by atoms with van der Waals surface area (Å²) in [6, 6.07) is 17.8. The normalized spacial score (nSPS) is 14.7. The third-order valence-electron chi connectivity index (χ3n) is 5.09. The topological polar surface area (TPSA) is 77.3 Å². The van der Waals surface area contributed by atoms with Crippen LogP contribution in [0.25, 0.3) is 0 Å². The highest BCUT2D eigenvalue weighted by atomic mass is 32.2. The van der Waals surface area contributed by atoms with E-state index in [1.807, 2.05) is 38.1 Å². The van der Waals surface area contributed by atoms with Crippen LogP contribution in [0.3, 0.4) is 0 Å². The Balaban J connectivity index is 2.28. The molecule has 0 saturated carbocycles. The molecule has 32 heavy (non-hydrogen) atoms. The van der Waals surface area contributed by atoms with E-state index in [-0.39, 0.29) is 0 Å². The van der Waals surface area contributed by atoms with Crippen molar-refractivity contribution in [1.82, 2.24) is 0 Å². The average molecular weight is 473 g/mol. The van der Waals surface area contributed by atoms with Crippen molar-refractivity contribution in [3.63, 3.8) is 0 Å². The van der Waals surface area contributed by atoms with Crippen LogP contribution >= 0.6 is 0 Å². The molecule has 0 amide bonds. The number of benzene rings is 3. The van der Waals surface area contributed by atoms with Gasteiger partial charge in [0.15, 0.2) is 0 Å². The predicted octanol–water partition coefficient (Wildman–Crippen LogP) is 5.90. The summed E-state index contributed by atoms with van der Waals surface area (Å²) in [6.45, 7) is 3.89. The zero-order valence-corrected chi connectivity index (χ0v) is 20.8. The Morgan fingerprint density at radius 1 is 0.656 bits per heavy atom. The molecule has 3 aromatic carbocycles. The first-order valence-corrected chi connectivity index (χ1v) is 13.8. The number of methoxy groups -OCH3 is 2. The van der Waals surface area contributed by atoms with E-state index in [4.69, 9.17) is 9.47 Å². The second-order valence-corrected chi connectivity index (χ2v) is 12.0. The lowest BCUT2D eigenvalue weighted by molar-refractivity contribution is 0.403. The molecule has 3 aromatic rings. The molecule has 0 aliphatic rings. The SMILES string of the molecule is COc1ccccc1[S@@](C)(=O)=Nc1cc(C)c(C)cc1N=[S@](C)(=O)c1ccccc1OC. The molecule has 0 aliphatic carbocycles. The zero-order valence-electron chi connectivity index (χ0n) is 19.1. The molecule has 0 aromatic heterocycles. The first-order valence-electron chi connectivity index (χ1n) is 9.90. The van der Waals surface area contributed by atoms with E-state index in [9.17, 15) is 8.42 Å². The van der Waals surface area contributed by atoms with Gasteiger partial charge in [0.05, 0.1) is 43.5 Å². The molecule has 0 N–H and O–H groups in total. The molecule has 0 bridgehead atoms. The van der Waals surface area contributed by atoms with Crippen molar-refractivity contribution >= 4 is 30.8 Å². The Labute approximate surface area is 191 Å². The van der Waals surface area contributed by atoms with Gasteiger partial charge >= 0.3 is 0 Å². The Kier molecular flexibility index (Phi) is 6.95. The van der Waals surface area contributed by atoms with Crippen LogP contribution in [0.5, 0.6) is 11.5 Å². The van der Waals surface area contributed by atoms with E-state index in [0.29, 0.717) is 32.7 Å². The third kappa shape index (κ3) is 4.97. The molecule has 0 fully saturated rings. The van der Waals surface area contributed by atoms with Gasteiger partial charge < -0.3 is 9.47 Å². The molecule has 0 spiro atoms. The second-order valence-electron chi connectivity index (χ2n) is 7.51. The summed E-state index contributed by atoms with van der Waals surface area (Å²) in [7, 11) is -2.67. The van der Waals surface area contributed by atoms with Gasteiger partial charge in [0.25, 0.3) is 0 Å². The van der Waals surface area contributed by atoms with Crippen molar-refractivity contribution in [3.05, 3.63) is 71.8 Å². The van der Waals surface area contributed by atoms with Gasteiger partial charge in [-0.15, -0.1) is 0 Å². The maximum absolute atomic E-state index is 13.6. The number of hydrogen-bond acceptors (Lipinski definition) is 6. The van der Waals surface area contributed by atoms with Gasteiger partial charge in [-0.25, -0.2) is 8.42 Å². The summed E-state index contributed by atoms with van der Waals surface area (Å²) in [5.41, 5.74) is 2.77. The Hall–Kier alpha value is -2.84. The lowest BCUT2D eigenvalue weighted by Gasteiger charge is -2.13. The van der Waals surface area contributed by atoms with Crippen LogP contribution < -0.4 is 9.47 Å². The molecule has 0 unspecified atom stereocenters. The quantitative estimate of drug-likeness (QED) is 0.448. The maximum Gasteiger partial charge on any atom is 0.135 e. The van der Waals surface area contributed by atoms with Crippen molar-refractivity contribution in [2.75, 3.05) is 26.7 Å². The lowest BCUT2D eigenvalue weighted by Crippen LogP contribution is -2.01. The monoisotopic (exact) mass is 472 g/mol. The summed E-state index contributed by atoms with van der Waals surface area (Å²) >= 11 is 0. The lowest BCUT2D eigenvalue weighted by atomic mass is 10.1. The fourth-order valence-corrected chi connectivity index (χ4v) is 6.22. The van der Waals surface area contributed by atoms with E-state index in [2.05, 4.69) is 8.73 Å². The van der Waals surface area contributed by atoms with Crippen LogP contribution in [0.2, 0.25) is 0 Å². The number of para-hydroxylation sites is 2. The Morgan fingerprint density at radius 2 is 1.00 bits per heavy atom. The highest BCUT2D eigenvalue weighted by Crippen LogP contribution is 2.37. The molecule has 0 radical (unpaired) electrons. The second kappa shape index (κ2) is 9.34.